The van der Waals surface area contributed by atoms with Gasteiger partial charge in [0.2, 0.25) is 0 Å². The molecular formula is C11H18O3. The zero-order valence-corrected chi connectivity index (χ0v) is 8.66. The van der Waals surface area contributed by atoms with E-state index in [1.165, 1.54) is 0 Å². The average molecular weight is 198 g/mol. The lowest BCUT2D eigenvalue weighted by Gasteiger charge is -2.33. The highest BCUT2D eigenvalue weighted by atomic mass is 16.5. The topological polar surface area (TPSA) is 38.7 Å². The van der Waals surface area contributed by atoms with Gasteiger partial charge in [-0.1, -0.05) is 12.8 Å². The largest absolute Gasteiger partial charge is 0.501 e. The molecule has 2 rings (SSSR count). The second kappa shape index (κ2) is 3.91. The Kier molecular flexibility index (Phi) is 2.79. The van der Waals surface area contributed by atoms with Gasteiger partial charge >= 0.3 is 0 Å². The molecule has 0 radical (unpaired) electrons. The summed E-state index contributed by atoms with van der Waals surface area (Å²) >= 11 is 0. The minimum atomic E-state index is -0.475. The number of ether oxygens (including phenoxy) is 2. The monoisotopic (exact) mass is 198 g/mol. The van der Waals surface area contributed by atoms with E-state index in [1.807, 2.05) is 0 Å². The third-order valence-corrected chi connectivity index (χ3v) is 3.45. The highest BCUT2D eigenvalue weighted by Gasteiger charge is 2.43. The molecule has 1 atom stereocenters. The van der Waals surface area contributed by atoms with Crippen LogP contribution in [0.15, 0.2) is 11.8 Å². The molecule has 1 heterocycles. The van der Waals surface area contributed by atoms with E-state index in [-0.39, 0.29) is 5.60 Å². The van der Waals surface area contributed by atoms with Gasteiger partial charge in [-0.05, 0) is 18.4 Å². The lowest BCUT2D eigenvalue weighted by atomic mass is 9.89. The van der Waals surface area contributed by atoms with E-state index >= 15 is 0 Å². The van der Waals surface area contributed by atoms with Gasteiger partial charge in [0, 0.05) is 13.5 Å². The van der Waals surface area contributed by atoms with Gasteiger partial charge in [0.15, 0.2) is 0 Å². The Morgan fingerprint density at radius 1 is 1.50 bits per heavy atom. The van der Waals surface area contributed by atoms with E-state index in [1.54, 1.807) is 13.4 Å². The number of aliphatic hydroxyl groups is 1. The van der Waals surface area contributed by atoms with Crippen LogP contribution in [0.1, 0.15) is 32.1 Å². The molecule has 2 aliphatic rings. The highest BCUT2D eigenvalue weighted by Crippen LogP contribution is 2.39. The van der Waals surface area contributed by atoms with Crippen LogP contribution in [-0.2, 0) is 9.47 Å². The summed E-state index contributed by atoms with van der Waals surface area (Å²) in [5.41, 5.74) is 0.660. The fourth-order valence-electron chi connectivity index (χ4n) is 2.50. The summed E-state index contributed by atoms with van der Waals surface area (Å²) in [6.45, 7) is 0.701. The zero-order valence-electron chi connectivity index (χ0n) is 8.66. The quantitative estimate of drug-likeness (QED) is 0.748. The van der Waals surface area contributed by atoms with Crippen molar-refractivity contribution in [2.24, 2.45) is 0 Å². The van der Waals surface area contributed by atoms with Gasteiger partial charge in [-0.2, -0.15) is 0 Å². The second-order valence-electron chi connectivity index (χ2n) is 4.19. The van der Waals surface area contributed by atoms with Crippen LogP contribution in [0.2, 0.25) is 0 Å². The van der Waals surface area contributed by atoms with Crippen molar-refractivity contribution in [2.45, 2.75) is 43.8 Å². The van der Waals surface area contributed by atoms with Gasteiger partial charge in [-0.15, -0.1) is 0 Å². The van der Waals surface area contributed by atoms with Crippen molar-refractivity contribution < 1.29 is 14.6 Å². The van der Waals surface area contributed by atoms with E-state index in [4.69, 9.17) is 9.47 Å². The van der Waals surface area contributed by atoms with Crippen LogP contribution in [0.3, 0.4) is 0 Å². The number of methoxy groups -OCH3 is 1. The van der Waals surface area contributed by atoms with Crippen LogP contribution in [0, 0.1) is 0 Å². The van der Waals surface area contributed by atoms with Crippen LogP contribution < -0.4 is 0 Å². The molecule has 0 aromatic carbocycles. The van der Waals surface area contributed by atoms with E-state index < -0.39 is 6.10 Å². The van der Waals surface area contributed by atoms with Crippen LogP contribution in [0.25, 0.3) is 0 Å². The number of rotatable bonds is 3. The second-order valence-corrected chi connectivity index (χ2v) is 4.19. The summed E-state index contributed by atoms with van der Waals surface area (Å²) < 4.78 is 10.7. The highest BCUT2D eigenvalue weighted by molar-refractivity contribution is 5.16. The predicted octanol–water partition coefficient (Wildman–Crippen LogP) is 1.61. The third-order valence-electron chi connectivity index (χ3n) is 3.45. The molecule has 80 valence electrons. The van der Waals surface area contributed by atoms with Crippen LogP contribution >= 0.6 is 0 Å². The van der Waals surface area contributed by atoms with Crippen molar-refractivity contribution in [3.63, 3.8) is 0 Å². The van der Waals surface area contributed by atoms with Crippen molar-refractivity contribution >= 4 is 0 Å². The molecule has 0 saturated heterocycles. The van der Waals surface area contributed by atoms with Gasteiger partial charge in [0.1, 0.15) is 6.10 Å². The Morgan fingerprint density at radius 3 is 2.71 bits per heavy atom. The first kappa shape index (κ1) is 9.99. The normalized spacial score (nSPS) is 27.1. The Morgan fingerprint density at radius 2 is 2.21 bits per heavy atom. The Labute approximate surface area is 84.7 Å². The Balaban J connectivity index is 2.10. The first-order valence-corrected chi connectivity index (χ1v) is 5.32. The molecule has 1 saturated carbocycles. The van der Waals surface area contributed by atoms with Crippen LogP contribution in [-0.4, -0.2) is 30.5 Å². The van der Waals surface area contributed by atoms with Crippen molar-refractivity contribution in [3.05, 3.63) is 11.8 Å². The number of hydrogen-bond acceptors (Lipinski definition) is 3. The molecule has 1 aliphatic heterocycles. The third kappa shape index (κ3) is 1.55. The van der Waals surface area contributed by atoms with Gasteiger partial charge in [-0.25, -0.2) is 0 Å². The summed E-state index contributed by atoms with van der Waals surface area (Å²) in [6, 6.07) is 0. The SMILES string of the molecule is COC1(C(O)C2=COCC2)CCCC1. The van der Waals surface area contributed by atoms with Crippen molar-refractivity contribution in [1.82, 2.24) is 0 Å². The molecule has 0 aromatic rings. The van der Waals surface area contributed by atoms with E-state index in [0.29, 0.717) is 6.61 Å². The molecule has 0 amide bonds. The van der Waals surface area contributed by atoms with E-state index in [9.17, 15) is 5.11 Å². The number of hydrogen-bond donors (Lipinski definition) is 1. The standard InChI is InChI=1S/C11H18O3/c1-13-11(5-2-3-6-11)10(12)9-4-7-14-8-9/h8,10,12H,2-7H2,1H3. The average Bonchev–Trinajstić information content (AvgIpc) is 2.89. The first-order valence-electron chi connectivity index (χ1n) is 5.32. The van der Waals surface area contributed by atoms with E-state index in [0.717, 1.165) is 37.7 Å². The molecule has 1 N–H and O–H groups in total. The van der Waals surface area contributed by atoms with Crippen molar-refractivity contribution in [2.75, 3.05) is 13.7 Å². The maximum atomic E-state index is 10.2. The van der Waals surface area contributed by atoms with Gasteiger partial charge in [0.05, 0.1) is 18.5 Å². The molecule has 1 aliphatic carbocycles. The molecule has 14 heavy (non-hydrogen) atoms. The summed E-state index contributed by atoms with van der Waals surface area (Å²) in [5.74, 6) is 0. The van der Waals surface area contributed by atoms with Crippen molar-refractivity contribution in [1.29, 1.82) is 0 Å². The molecule has 1 unspecified atom stereocenters. The molecule has 0 bridgehead atoms. The van der Waals surface area contributed by atoms with E-state index in [2.05, 4.69) is 0 Å². The minimum Gasteiger partial charge on any atom is -0.501 e. The molecule has 3 nitrogen and oxygen atoms in total. The smallest absolute Gasteiger partial charge is 0.107 e. The molecule has 3 heteroatoms. The summed E-state index contributed by atoms with van der Waals surface area (Å²) in [7, 11) is 1.70. The summed E-state index contributed by atoms with van der Waals surface area (Å²) in [5, 5.41) is 10.2. The minimum absolute atomic E-state index is 0.334. The summed E-state index contributed by atoms with van der Waals surface area (Å²) in [4.78, 5) is 0. The fourth-order valence-corrected chi connectivity index (χ4v) is 2.50. The predicted molar refractivity (Wildman–Crippen MR) is 52.9 cm³/mol. The maximum absolute atomic E-state index is 10.2. The van der Waals surface area contributed by atoms with Gasteiger partial charge in [0.25, 0.3) is 0 Å². The fraction of sp³-hybridized carbons (Fsp3) is 0.818. The molecular weight excluding hydrogens is 180 g/mol. The van der Waals surface area contributed by atoms with Crippen LogP contribution in [0.5, 0.6) is 0 Å². The van der Waals surface area contributed by atoms with Gasteiger partial charge < -0.3 is 14.6 Å². The Bertz CT molecular complexity index is 229. The lowest BCUT2D eigenvalue weighted by Crippen LogP contribution is -2.42. The molecule has 0 spiro atoms. The molecule has 0 aromatic heterocycles. The lowest BCUT2D eigenvalue weighted by molar-refractivity contribution is -0.0831. The maximum Gasteiger partial charge on any atom is 0.107 e. The van der Waals surface area contributed by atoms with Crippen molar-refractivity contribution in [3.8, 4) is 0 Å². The summed E-state index contributed by atoms with van der Waals surface area (Å²) in [6.07, 6.45) is 6.29. The van der Waals surface area contributed by atoms with Crippen LogP contribution in [0.4, 0.5) is 0 Å². The zero-order chi connectivity index (χ0) is 10.0. The van der Waals surface area contributed by atoms with Gasteiger partial charge in [-0.3, -0.25) is 0 Å². The number of aliphatic hydroxyl groups excluding tert-OH is 1. The Hall–Kier alpha value is -0.540. The first-order chi connectivity index (χ1) is 6.78. The molecule has 1 fully saturated rings.